The zero-order chi connectivity index (χ0) is 22.8. The second kappa shape index (κ2) is 10.3. The van der Waals surface area contributed by atoms with Crippen LogP contribution in [0.3, 0.4) is 0 Å². The van der Waals surface area contributed by atoms with Gasteiger partial charge < -0.3 is 11.1 Å². The SMILES string of the molecule is CC1CC(N)CC(c2ccncc2NC(=O)c2ccc(F)c(-c3c(F)cccc3F)n2)C1.Cl. The normalized spacial score (nSPS) is 20.1. The van der Waals surface area contributed by atoms with Crippen molar-refractivity contribution in [3.8, 4) is 11.3 Å². The summed E-state index contributed by atoms with van der Waals surface area (Å²) in [5.41, 5.74) is 6.26. The monoisotopic (exact) mass is 476 g/mol. The number of hydrogen-bond acceptors (Lipinski definition) is 4. The highest BCUT2D eigenvalue weighted by molar-refractivity contribution is 6.03. The molecule has 0 bridgehead atoms. The molecule has 33 heavy (non-hydrogen) atoms. The number of carbonyl (C=O) groups excluding carboxylic acids is 1. The number of rotatable bonds is 4. The molecule has 0 saturated heterocycles. The van der Waals surface area contributed by atoms with E-state index in [1.54, 1.807) is 12.4 Å². The summed E-state index contributed by atoms with van der Waals surface area (Å²) < 4.78 is 42.6. The highest BCUT2D eigenvalue weighted by Crippen LogP contribution is 2.38. The van der Waals surface area contributed by atoms with E-state index in [1.807, 2.05) is 6.07 Å². The van der Waals surface area contributed by atoms with Crippen LogP contribution in [0, 0.1) is 23.4 Å². The maximum atomic E-state index is 14.3. The fourth-order valence-electron chi connectivity index (χ4n) is 4.43. The molecule has 1 fully saturated rings. The van der Waals surface area contributed by atoms with E-state index >= 15 is 0 Å². The summed E-state index contributed by atoms with van der Waals surface area (Å²) in [4.78, 5) is 20.9. The van der Waals surface area contributed by atoms with Gasteiger partial charge >= 0.3 is 0 Å². The smallest absolute Gasteiger partial charge is 0.274 e. The largest absolute Gasteiger partial charge is 0.328 e. The maximum Gasteiger partial charge on any atom is 0.274 e. The van der Waals surface area contributed by atoms with E-state index in [-0.39, 0.29) is 30.1 Å². The number of anilines is 1. The van der Waals surface area contributed by atoms with Crippen LogP contribution in [0.15, 0.2) is 48.8 Å². The minimum Gasteiger partial charge on any atom is -0.328 e. The van der Waals surface area contributed by atoms with Crippen LogP contribution in [0.4, 0.5) is 18.9 Å². The lowest BCUT2D eigenvalue weighted by atomic mass is 9.76. The fourth-order valence-corrected chi connectivity index (χ4v) is 4.43. The van der Waals surface area contributed by atoms with Gasteiger partial charge in [0.15, 0.2) is 0 Å². The van der Waals surface area contributed by atoms with Crippen molar-refractivity contribution in [1.82, 2.24) is 9.97 Å². The highest BCUT2D eigenvalue weighted by atomic mass is 35.5. The third kappa shape index (κ3) is 5.34. The van der Waals surface area contributed by atoms with E-state index in [2.05, 4.69) is 22.2 Å². The molecular formula is C24H24ClF3N4O. The molecule has 0 aliphatic heterocycles. The van der Waals surface area contributed by atoms with E-state index in [0.29, 0.717) is 11.6 Å². The number of hydrogen-bond donors (Lipinski definition) is 2. The number of nitrogens with one attached hydrogen (secondary N) is 1. The molecule has 0 spiro atoms. The van der Waals surface area contributed by atoms with Crippen LogP contribution in [0.2, 0.25) is 0 Å². The van der Waals surface area contributed by atoms with E-state index in [9.17, 15) is 18.0 Å². The van der Waals surface area contributed by atoms with Crippen molar-refractivity contribution in [2.24, 2.45) is 11.7 Å². The number of halogens is 4. The summed E-state index contributed by atoms with van der Waals surface area (Å²) in [5.74, 6) is -2.88. The molecule has 3 atom stereocenters. The van der Waals surface area contributed by atoms with Gasteiger partial charge in [0.05, 0.1) is 17.4 Å². The maximum absolute atomic E-state index is 14.3. The molecule has 3 unspecified atom stereocenters. The van der Waals surface area contributed by atoms with Gasteiger partial charge in [-0.1, -0.05) is 13.0 Å². The number of nitrogens with two attached hydrogens (primary N) is 1. The highest BCUT2D eigenvalue weighted by Gasteiger charge is 2.28. The standard InChI is InChI=1S/C24H23F3N4O.ClH/c1-13-9-14(11-15(28)10-13)16-7-8-29-12-21(16)31-24(32)20-6-5-19(27)23(30-20)22-17(25)3-2-4-18(22)26;/h2-8,12-15H,9-11,28H2,1H3,(H,31,32);1H. The first-order valence-corrected chi connectivity index (χ1v) is 10.4. The van der Waals surface area contributed by atoms with Crippen LogP contribution >= 0.6 is 12.4 Å². The lowest BCUT2D eigenvalue weighted by molar-refractivity contribution is 0.102. The average Bonchev–Trinajstić information content (AvgIpc) is 2.74. The van der Waals surface area contributed by atoms with E-state index in [1.165, 1.54) is 12.1 Å². The van der Waals surface area contributed by atoms with Gasteiger partial charge in [-0.2, -0.15) is 0 Å². The number of carbonyl (C=O) groups is 1. The molecule has 2 heterocycles. The molecule has 0 radical (unpaired) electrons. The Morgan fingerprint density at radius 1 is 1.03 bits per heavy atom. The second-order valence-electron chi connectivity index (χ2n) is 8.31. The van der Waals surface area contributed by atoms with Crippen molar-refractivity contribution in [2.75, 3.05) is 5.32 Å². The van der Waals surface area contributed by atoms with Crippen molar-refractivity contribution in [1.29, 1.82) is 0 Å². The summed E-state index contributed by atoms with van der Waals surface area (Å²) >= 11 is 0. The molecule has 9 heteroatoms. The molecule has 1 saturated carbocycles. The van der Waals surface area contributed by atoms with Gasteiger partial charge in [0.1, 0.15) is 28.8 Å². The minimum atomic E-state index is -0.966. The quantitative estimate of drug-likeness (QED) is 0.523. The number of benzene rings is 1. The van der Waals surface area contributed by atoms with Crippen LogP contribution in [-0.4, -0.2) is 21.9 Å². The summed E-state index contributed by atoms with van der Waals surface area (Å²) in [6.45, 7) is 2.15. The van der Waals surface area contributed by atoms with Crippen LogP contribution in [-0.2, 0) is 0 Å². The Kier molecular flexibility index (Phi) is 7.71. The zero-order valence-electron chi connectivity index (χ0n) is 17.9. The van der Waals surface area contributed by atoms with Gasteiger partial charge in [-0.15, -0.1) is 12.4 Å². The van der Waals surface area contributed by atoms with E-state index in [4.69, 9.17) is 5.73 Å². The lowest BCUT2D eigenvalue weighted by Crippen LogP contribution is -2.31. The van der Waals surface area contributed by atoms with Gasteiger partial charge in [-0.3, -0.25) is 9.78 Å². The first kappa shape index (κ1) is 24.7. The first-order valence-electron chi connectivity index (χ1n) is 10.4. The van der Waals surface area contributed by atoms with Crippen molar-refractivity contribution < 1.29 is 18.0 Å². The number of pyridine rings is 2. The minimum absolute atomic E-state index is 0. The van der Waals surface area contributed by atoms with Gasteiger partial charge in [0.2, 0.25) is 0 Å². The van der Waals surface area contributed by atoms with Crippen molar-refractivity contribution in [3.63, 3.8) is 0 Å². The predicted octanol–water partition coefficient (Wildman–Crippen LogP) is 5.47. The molecular weight excluding hydrogens is 453 g/mol. The molecule has 1 amide bonds. The van der Waals surface area contributed by atoms with Crippen LogP contribution in [0.25, 0.3) is 11.3 Å². The van der Waals surface area contributed by atoms with Gasteiger partial charge in [0.25, 0.3) is 5.91 Å². The second-order valence-corrected chi connectivity index (χ2v) is 8.31. The number of aromatic nitrogens is 2. The summed E-state index contributed by atoms with van der Waals surface area (Å²) in [7, 11) is 0. The molecule has 5 nitrogen and oxygen atoms in total. The first-order chi connectivity index (χ1) is 15.3. The average molecular weight is 477 g/mol. The van der Waals surface area contributed by atoms with Crippen molar-refractivity contribution in [2.45, 2.75) is 38.1 Å². The molecule has 1 aromatic carbocycles. The van der Waals surface area contributed by atoms with Gasteiger partial charge in [-0.25, -0.2) is 18.2 Å². The third-order valence-electron chi connectivity index (χ3n) is 5.80. The van der Waals surface area contributed by atoms with Crippen LogP contribution < -0.4 is 11.1 Å². The van der Waals surface area contributed by atoms with Crippen LogP contribution in [0.1, 0.15) is 48.2 Å². The fraction of sp³-hybridized carbons (Fsp3) is 0.292. The molecule has 3 N–H and O–H groups in total. The number of amides is 1. The van der Waals surface area contributed by atoms with E-state index in [0.717, 1.165) is 43.0 Å². The Balaban J connectivity index is 0.00000306. The summed E-state index contributed by atoms with van der Waals surface area (Å²) in [5, 5.41) is 2.77. The van der Waals surface area contributed by atoms with E-state index < -0.39 is 34.6 Å². The molecule has 1 aliphatic carbocycles. The Hall–Kier alpha value is -2.97. The Morgan fingerprint density at radius 3 is 2.45 bits per heavy atom. The predicted molar refractivity (Wildman–Crippen MR) is 123 cm³/mol. The Labute approximate surface area is 196 Å². The summed E-state index contributed by atoms with van der Waals surface area (Å²) in [6, 6.07) is 7.25. The van der Waals surface area contributed by atoms with Crippen LogP contribution in [0.5, 0.6) is 0 Å². The molecule has 3 aromatic rings. The third-order valence-corrected chi connectivity index (χ3v) is 5.80. The molecule has 174 valence electrons. The Morgan fingerprint density at radius 2 is 1.76 bits per heavy atom. The van der Waals surface area contributed by atoms with Crippen molar-refractivity contribution in [3.05, 3.63) is 77.5 Å². The lowest BCUT2D eigenvalue weighted by Gasteiger charge is -2.32. The molecule has 1 aliphatic rings. The Bertz CT molecular complexity index is 1130. The summed E-state index contributed by atoms with van der Waals surface area (Å²) in [6.07, 6.45) is 5.89. The molecule has 4 rings (SSSR count). The number of nitrogens with zero attached hydrogens (tertiary/aromatic N) is 2. The van der Waals surface area contributed by atoms with Gasteiger partial charge in [0, 0.05) is 12.2 Å². The van der Waals surface area contributed by atoms with Gasteiger partial charge in [-0.05, 0) is 67.0 Å². The topological polar surface area (TPSA) is 80.9 Å². The van der Waals surface area contributed by atoms with Crippen molar-refractivity contribution >= 4 is 24.0 Å². The zero-order valence-corrected chi connectivity index (χ0v) is 18.7. The molecule has 2 aromatic heterocycles.